The molecule has 1 atom stereocenters. The van der Waals surface area contributed by atoms with E-state index in [1.807, 2.05) is 62.4 Å². The lowest BCUT2D eigenvalue weighted by Crippen LogP contribution is -2.43. The van der Waals surface area contributed by atoms with Gasteiger partial charge >= 0.3 is 0 Å². The zero-order valence-electron chi connectivity index (χ0n) is 15.9. The molecular weight excluding hydrogens is 340 g/mol. The number of carbonyl (C=O) groups excluding carboxylic acids is 2. The molecule has 0 saturated carbocycles. The van der Waals surface area contributed by atoms with Crippen LogP contribution >= 0.6 is 0 Å². The van der Waals surface area contributed by atoms with Gasteiger partial charge in [-0.1, -0.05) is 24.6 Å². The Morgan fingerprint density at radius 3 is 2.33 bits per heavy atom. The van der Waals surface area contributed by atoms with Crippen LogP contribution in [0.15, 0.2) is 48.5 Å². The van der Waals surface area contributed by atoms with Crippen molar-refractivity contribution in [3.05, 3.63) is 54.1 Å². The van der Waals surface area contributed by atoms with Gasteiger partial charge in [-0.15, -0.1) is 0 Å². The van der Waals surface area contributed by atoms with Gasteiger partial charge in [0, 0.05) is 18.7 Å². The molecule has 2 amide bonds. The molecule has 3 rings (SSSR count). The molecule has 0 aliphatic carbocycles. The van der Waals surface area contributed by atoms with Crippen LogP contribution in [0.2, 0.25) is 0 Å². The Morgan fingerprint density at radius 2 is 1.70 bits per heavy atom. The predicted octanol–water partition coefficient (Wildman–Crippen LogP) is 4.52. The average molecular weight is 366 g/mol. The highest BCUT2D eigenvalue weighted by molar-refractivity contribution is 5.97. The summed E-state index contributed by atoms with van der Waals surface area (Å²) in [5, 5.41) is 2.92. The van der Waals surface area contributed by atoms with E-state index in [0.717, 1.165) is 25.0 Å². The van der Waals surface area contributed by atoms with Gasteiger partial charge < -0.3 is 15.0 Å². The maximum Gasteiger partial charge on any atom is 0.247 e. The predicted molar refractivity (Wildman–Crippen MR) is 106 cm³/mol. The van der Waals surface area contributed by atoms with Crippen LogP contribution in [0.4, 0.5) is 5.69 Å². The van der Waals surface area contributed by atoms with Crippen molar-refractivity contribution in [1.29, 1.82) is 0 Å². The van der Waals surface area contributed by atoms with Crippen molar-refractivity contribution in [1.82, 2.24) is 4.90 Å². The van der Waals surface area contributed by atoms with Crippen molar-refractivity contribution < 1.29 is 14.3 Å². The fraction of sp³-hybridized carbons (Fsp3) is 0.364. The van der Waals surface area contributed by atoms with E-state index in [0.29, 0.717) is 24.4 Å². The average Bonchev–Trinajstić information content (AvgIpc) is 3.15. The molecule has 0 spiro atoms. The summed E-state index contributed by atoms with van der Waals surface area (Å²) < 4.78 is 5.80. The molecule has 142 valence electrons. The van der Waals surface area contributed by atoms with Gasteiger partial charge in [0.2, 0.25) is 11.8 Å². The van der Waals surface area contributed by atoms with Gasteiger partial charge in [-0.3, -0.25) is 9.59 Å². The maximum atomic E-state index is 12.6. The Balaban J connectivity index is 1.59. The summed E-state index contributed by atoms with van der Waals surface area (Å²) in [6, 6.07) is 14.7. The van der Waals surface area contributed by atoms with Crippen molar-refractivity contribution in [3.63, 3.8) is 0 Å². The van der Waals surface area contributed by atoms with E-state index in [4.69, 9.17) is 4.74 Å². The summed E-state index contributed by atoms with van der Waals surface area (Å²) in [6.45, 7) is 4.67. The largest absolute Gasteiger partial charge is 0.457 e. The molecule has 5 heteroatoms. The van der Waals surface area contributed by atoms with E-state index in [-0.39, 0.29) is 17.9 Å². The SMILES string of the molecule is CCCC(=O)N1CCCC1C(=O)Nc1ccc(Oc2ccc(C)cc2)cc1. The highest BCUT2D eigenvalue weighted by Gasteiger charge is 2.33. The number of anilines is 1. The van der Waals surface area contributed by atoms with Crippen LogP contribution in [0.5, 0.6) is 11.5 Å². The zero-order valence-corrected chi connectivity index (χ0v) is 15.9. The smallest absolute Gasteiger partial charge is 0.247 e. The molecule has 27 heavy (non-hydrogen) atoms. The first-order chi connectivity index (χ1) is 13.1. The first-order valence-corrected chi connectivity index (χ1v) is 9.51. The number of amides is 2. The van der Waals surface area contributed by atoms with Crippen molar-refractivity contribution in [3.8, 4) is 11.5 Å². The first kappa shape index (κ1) is 19.0. The zero-order chi connectivity index (χ0) is 19.2. The van der Waals surface area contributed by atoms with Gasteiger partial charge in [-0.25, -0.2) is 0 Å². The Kier molecular flexibility index (Phi) is 6.12. The second-order valence-electron chi connectivity index (χ2n) is 6.92. The molecule has 0 bridgehead atoms. The lowest BCUT2D eigenvalue weighted by atomic mass is 10.2. The molecule has 0 aromatic heterocycles. The second kappa shape index (κ2) is 8.71. The van der Waals surface area contributed by atoms with Crippen LogP contribution in [0.1, 0.15) is 38.2 Å². The number of hydrogen-bond donors (Lipinski definition) is 1. The van der Waals surface area contributed by atoms with Crippen LogP contribution in [0, 0.1) is 6.92 Å². The molecule has 0 radical (unpaired) electrons. The van der Waals surface area contributed by atoms with E-state index in [1.54, 1.807) is 4.90 Å². The Bertz CT molecular complexity index is 784. The molecule has 1 aliphatic heterocycles. The minimum absolute atomic E-state index is 0.0667. The standard InChI is InChI=1S/C22H26N2O3/c1-3-5-21(25)24-15-4-6-20(24)22(26)23-17-9-13-19(14-10-17)27-18-11-7-16(2)8-12-18/h7-14,20H,3-6,15H2,1-2H3,(H,23,26). The quantitative estimate of drug-likeness (QED) is 0.818. The van der Waals surface area contributed by atoms with E-state index in [9.17, 15) is 9.59 Å². The fourth-order valence-electron chi connectivity index (χ4n) is 3.27. The molecule has 2 aromatic carbocycles. The number of hydrogen-bond acceptors (Lipinski definition) is 3. The summed E-state index contributed by atoms with van der Waals surface area (Å²) >= 11 is 0. The Hall–Kier alpha value is -2.82. The monoisotopic (exact) mass is 366 g/mol. The van der Waals surface area contributed by atoms with Gasteiger partial charge in [-0.2, -0.15) is 0 Å². The Morgan fingerprint density at radius 1 is 1.07 bits per heavy atom. The summed E-state index contributed by atoms with van der Waals surface area (Å²) in [7, 11) is 0. The van der Waals surface area contributed by atoms with Gasteiger partial charge in [0.05, 0.1) is 0 Å². The lowest BCUT2D eigenvalue weighted by Gasteiger charge is -2.24. The molecular formula is C22H26N2O3. The maximum absolute atomic E-state index is 12.6. The van der Waals surface area contributed by atoms with Crippen LogP contribution in [0.25, 0.3) is 0 Å². The van der Waals surface area contributed by atoms with Crippen molar-refractivity contribution >= 4 is 17.5 Å². The number of rotatable bonds is 6. The number of likely N-dealkylation sites (tertiary alicyclic amines) is 1. The highest BCUT2D eigenvalue weighted by atomic mass is 16.5. The van der Waals surface area contributed by atoms with Crippen LogP contribution in [-0.2, 0) is 9.59 Å². The number of benzene rings is 2. The van der Waals surface area contributed by atoms with E-state index < -0.39 is 0 Å². The fourth-order valence-corrected chi connectivity index (χ4v) is 3.27. The third-order valence-corrected chi connectivity index (χ3v) is 4.72. The lowest BCUT2D eigenvalue weighted by molar-refractivity contribution is -0.136. The molecule has 5 nitrogen and oxygen atoms in total. The number of nitrogens with zero attached hydrogens (tertiary/aromatic N) is 1. The normalized spacial score (nSPS) is 16.2. The van der Waals surface area contributed by atoms with Gasteiger partial charge in [0.1, 0.15) is 17.5 Å². The molecule has 1 N–H and O–H groups in total. The van der Waals surface area contributed by atoms with E-state index >= 15 is 0 Å². The second-order valence-corrected chi connectivity index (χ2v) is 6.92. The number of carbonyl (C=O) groups is 2. The summed E-state index contributed by atoms with van der Waals surface area (Å²) in [6.07, 6.45) is 2.88. The van der Waals surface area contributed by atoms with Crippen molar-refractivity contribution in [2.45, 2.75) is 45.6 Å². The summed E-state index contributed by atoms with van der Waals surface area (Å²) in [5.41, 5.74) is 1.88. The third-order valence-electron chi connectivity index (χ3n) is 4.72. The van der Waals surface area contributed by atoms with Gasteiger partial charge in [0.25, 0.3) is 0 Å². The summed E-state index contributed by atoms with van der Waals surface area (Å²) in [4.78, 5) is 26.5. The Labute approximate surface area is 160 Å². The minimum Gasteiger partial charge on any atom is -0.457 e. The van der Waals surface area contributed by atoms with Gasteiger partial charge in [0.15, 0.2) is 0 Å². The van der Waals surface area contributed by atoms with Crippen molar-refractivity contribution in [2.75, 3.05) is 11.9 Å². The molecule has 1 heterocycles. The third kappa shape index (κ3) is 4.88. The minimum atomic E-state index is -0.368. The number of aryl methyl sites for hydroxylation is 1. The molecule has 1 unspecified atom stereocenters. The van der Waals surface area contributed by atoms with Crippen LogP contribution < -0.4 is 10.1 Å². The molecule has 2 aromatic rings. The summed E-state index contributed by atoms with van der Waals surface area (Å²) in [5.74, 6) is 1.42. The molecule has 1 saturated heterocycles. The number of ether oxygens (including phenoxy) is 1. The van der Waals surface area contributed by atoms with Crippen LogP contribution in [0.3, 0.4) is 0 Å². The van der Waals surface area contributed by atoms with E-state index in [2.05, 4.69) is 5.32 Å². The molecule has 1 fully saturated rings. The topological polar surface area (TPSA) is 58.6 Å². The first-order valence-electron chi connectivity index (χ1n) is 9.51. The van der Waals surface area contributed by atoms with Crippen LogP contribution in [-0.4, -0.2) is 29.3 Å². The van der Waals surface area contributed by atoms with Crippen molar-refractivity contribution in [2.24, 2.45) is 0 Å². The number of nitrogens with one attached hydrogen (secondary N) is 1. The van der Waals surface area contributed by atoms with Gasteiger partial charge in [-0.05, 0) is 62.6 Å². The highest BCUT2D eigenvalue weighted by Crippen LogP contribution is 2.24. The molecule has 1 aliphatic rings. The van der Waals surface area contributed by atoms with E-state index in [1.165, 1.54) is 5.56 Å².